The Kier molecular flexibility index (Phi) is 6.03. The Morgan fingerprint density at radius 3 is 2.72 bits per heavy atom. The fourth-order valence-electron chi connectivity index (χ4n) is 1.10. The third kappa shape index (κ3) is 3.94. The van der Waals surface area contributed by atoms with Crippen molar-refractivity contribution in [3.05, 3.63) is 38.7 Å². The van der Waals surface area contributed by atoms with Crippen molar-refractivity contribution in [2.24, 2.45) is 4.99 Å². The summed E-state index contributed by atoms with van der Waals surface area (Å²) >= 11 is 4.52. The molecule has 0 aliphatic carbocycles. The average Bonchev–Trinajstić information content (AvgIpc) is 2.70. The van der Waals surface area contributed by atoms with Crippen molar-refractivity contribution >= 4 is 33.1 Å². The Labute approximate surface area is 117 Å². The predicted octanol–water partition coefficient (Wildman–Crippen LogP) is 2.70. The van der Waals surface area contributed by atoms with E-state index in [0.29, 0.717) is 16.3 Å². The van der Waals surface area contributed by atoms with Crippen molar-refractivity contribution in [3.8, 4) is 0 Å². The zero-order chi connectivity index (χ0) is 13.5. The van der Waals surface area contributed by atoms with Crippen LogP contribution in [0, 0.1) is 0 Å². The molecule has 2 heterocycles. The maximum absolute atomic E-state index is 9.45. The first kappa shape index (κ1) is 14.9. The second kappa shape index (κ2) is 7.30. The Balaban J connectivity index is 0.000000771. The van der Waals surface area contributed by atoms with Gasteiger partial charge < -0.3 is 10.3 Å². The zero-order valence-corrected chi connectivity index (χ0v) is 12.4. The number of halogens is 1. The third-order valence-corrected chi connectivity index (χ3v) is 3.22. The van der Waals surface area contributed by atoms with Gasteiger partial charge in [-0.05, 0) is 28.1 Å². The number of aromatic nitrogens is 2. The van der Waals surface area contributed by atoms with E-state index in [1.807, 2.05) is 13.8 Å². The molecular formula is C11H14BrN3O2S. The third-order valence-electron chi connectivity index (χ3n) is 1.77. The van der Waals surface area contributed by atoms with E-state index in [0.717, 1.165) is 8.52 Å². The topological polar surface area (TPSA) is 70.6 Å². The van der Waals surface area contributed by atoms with Crippen LogP contribution >= 0.6 is 27.3 Å². The predicted molar refractivity (Wildman–Crippen MR) is 73.9 cm³/mol. The Hall–Kier alpha value is -1.18. The fourth-order valence-corrected chi connectivity index (χ4v) is 2.34. The van der Waals surface area contributed by atoms with Crippen molar-refractivity contribution in [1.82, 2.24) is 9.71 Å². The first-order chi connectivity index (χ1) is 8.69. The Morgan fingerprint density at radius 1 is 1.44 bits per heavy atom. The monoisotopic (exact) mass is 331 g/mol. The fraction of sp³-hybridized carbons (Fsp3) is 0.273. The minimum absolute atomic E-state index is 0.128. The van der Waals surface area contributed by atoms with Crippen LogP contribution in [0.1, 0.15) is 19.5 Å². The molecule has 0 aliphatic heterocycles. The molecule has 0 amide bonds. The summed E-state index contributed by atoms with van der Waals surface area (Å²) in [6, 6.07) is 5.16. The van der Waals surface area contributed by atoms with Gasteiger partial charge in [0.05, 0.1) is 22.3 Å². The van der Waals surface area contributed by atoms with Crippen molar-refractivity contribution in [2.75, 3.05) is 0 Å². The normalized spacial score (nSPS) is 11.0. The van der Waals surface area contributed by atoms with Crippen LogP contribution in [0.2, 0.25) is 0 Å². The lowest BCUT2D eigenvalue weighted by atomic mass is 10.3. The number of nitrogens with zero attached hydrogens (tertiary/aromatic N) is 3. The number of pyridine rings is 1. The summed E-state index contributed by atoms with van der Waals surface area (Å²) < 4.78 is 1.69. The quantitative estimate of drug-likeness (QED) is 0.831. The van der Waals surface area contributed by atoms with Gasteiger partial charge in [0, 0.05) is 0 Å². The van der Waals surface area contributed by atoms with Crippen LogP contribution in [-0.4, -0.2) is 20.0 Å². The van der Waals surface area contributed by atoms with E-state index in [1.54, 1.807) is 18.2 Å². The Morgan fingerprint density at radius 2 is 2.17 bits per heavy atom. The first-order valence-electron chi connectivity index (χ1n) is 5.38. The number of aliphatic hydroxyl groups excluding tert-OH is 1. The maximum Gasteiger partial charge on any atom is 0.226 e. The van der Waals surface area contributed by atoms with Gasteiger partial charge >= 0.3 is 0 Å². The molecule has 0 unspecified atom stereocenters. The first-order valence-corrected chi connectivity index (χ1v) is 6.99. The highest BCUT2D eigenvalue weighted by atomic mass is 79.9. The highest BCUT2D eigenvalue weighted by Crippen LogP contribution is 2.13. The van der Waals surface area contributed by atoms with E-state index >= 15 is 0 Å². The van der Waals surface area contributed by atoms with E-state index in [4.69, 9.17) is 5.11 Å². The van der Waals surface area contributed by atoms with Gasteiger partial charge in [0.15, 0.2) is 5.82 Å². The van der Waals surface area contributed by atoms with Gasteiger partial charge in [0.2, 0.25) is 4.80 Å². The van der Waals surface area contributed by atoms with E-state index in [2.05, 4.69) is 25.9 Å². The molecule has 0 aromatic carbocycles. The second-order valence-electron chi connectivity index (χ2n) is 2.92. The summed E-state index contributed by atoms with van der Waals surface area (Å²) in [6.07, 6.45) is 1.50. The molecule has 2 N–H and O–H groups in total. The molecule has 18 heavy (non-hydrogen) atoms. The molecule has 7 heteroatoms. The summed E-state index contributed by atoms with van der Waals surface area (Å²) in [6.45, 7) is 3.87. The van der Waals surface area contributed by atoms with E-state index in [9.17, 15) is 5.21 Å². The molecule has 0 aliphatic rings. The number of rotatable bonds is 2. The standard InChI is InChI=1S/C9H8BrN3O2S.C2H6/c10-7-4-13(15)9(16-7)12-8-3-1-2-6(5-14)11-8;1-2/h1-4,14-15H,5H2;1-2H3/b12-9-;. The SMILES string of the molecule is CC.OCc1cccc(/N=c2\sc(Br)cn2O)n1. The van der Waals surface area contributed by atoms with Crippen LogP contribution in [0.4, 0.5) is 5.82 Å². The lowest BCUT2D eigenvalue weighted by Crippen LogP contribution is -2.09. The molecule has 0 fully saturated rings. The minimum atomic E-state index is -0.128. The molecular weight excluding hydrogens is 318 g/mol. The summed E-state index contributed by atoms with van der Waals surface area (Å²) in [5.74, 6) is 0.448. The van der Waals surface area contributed by atoms with Gasteiger partial charge in [-0.2, -0.15) is 9.72 Å². The molecule has 98 valence electrons. The Bertz CT molecular complexity index is 565. The number of hydrogen-bond acceptors (Lipinski definition) is 5. The maximum atomic E-state index is 9.45. The molecule has 5 nitrogen and oxygen atoms in total. The van der Waals surface area contributed by atoms with Gasteiger partial charge in [0.1, 0.15) is 0 Å². The van der Waals surface area contributed by atoms with Gasteiger partial charge in [-0.25, -0.2) is 4.98 Å². The van der Waals surface area contributed by atoms with Gasteiger partial charge in [-0.15, -0.1) is 0 Å². The van der Waals surface area contributed by atoms with Crippen LogP contribution < -0.4 is 4.80 Å². The molecule has 0 saturated carbocycles. The average molecular weight is 332 g/mol. The molecule has 2 aromatic rings. The second-order valence-corrected chi connectivity index (χ2v) is 5.31. The van der Waals surface area contributed by atoms with Crippen LogP contribution in [0.5, 0.6) is 0 Å². The molecule has 2 aromatic heterocycles. The highest BCUT2D eigenvalue weighted by molar-refractivity contribution is 9.11. The smallest absolute Gasteiger partial charge is 0.226 e. The zero-order valence-electron chi connectivity index (χ0n) is 10.0. The number of thiazole rings is 1. The van der Waals surface area contributed by atoms with Crippen molar-refractivity contribution < 1.29 is 10.3 Å². The minimum Gasteiger partial charge on any atom is -0.426 e. The summed E-state index contributed by atoms with van der Waals surface area (Å²) in [5, 5.41) is 18.4. The lowest BCUT2D eigenvalue weighted by molar-refractivity contribution is 0.177. The highest BCUT2D eigenvalue weighted by Gasteiger charge is 1.99. The summed E-state index contributed by atoms with van der Waals surface area (Å²) in [7, 11) is 0. The lowest BCUT2D eigenvalue weighted by Gasteiger charge is -1.96. The molecule has 0 radical (unpaired) electrons. The van der Waals surface area contributed by atoms with E-state index < -0.39 is 0 Å². The molecule has 0 spiro atoms. The summed E-state index contributed by atoms with van der Waals surface area (Å²) in [5.41, 5.74) is 0.543. The van der Waals surface area contributed by atoms with Gasteiger partial charge in [0.25, 0.3) is 0 Å². The molecule has 0 atom stereocenters. The van der Waals surface area contributed by atoms with Gasteiger partial charge in [-0.1, -0.05) is 31.3 Å². The van der Waals surface area contributed by atoms with Crippen LogP contribution in [0.25, 0.3) is 0 Å². The van der Waals surface area contributed by atoms with Crippen molar-refractivity contribution in [2.45, 2.75) is 20.5 Å². The van der Waals surface area contributed by atoms with E-state index in [-0.39, 0.29) is 6.61 Å². The van der Waals surface area contributed by atoms with Crippen LogP contribution in [0.15, 0.2) is 33.2 Å². The summed E-state index contributed by atoms with van der Waals surface area (Å²) in [4.78, 5) is 8.65. The van der Waals surface area contributed by atoms with E-state index in [1.165, 1.54) is 17.5 Å². The van der Waals surface area contributed by atoms with Gasteiger partial charge in [-0.3, -0.25) is 0 Å². The number of aliphatic hydroxyl groups is 1. The largest absolute Gasteiger partial charge is 0.426 e. The van der Waals surface area contributed by atoms with Crippen LogP contribution in [0.3, 0.4) is 0 Å². The molecule has 0 bridgehead atoms. The van der Waals surface area contributed by atoms with Crippen LogP contribution in [-0.2, 0) is 6.61 Å². The molecule has 0 saturated heterocycles. The number of hydrogen-bond donors (Lipinski definition) is 2. The van der Waals surface area contributed by atoms with Crippen molar-refractivity contribution in [1.29, 1.82) is 0 Å². The van der Waals surface area contributed by atoms with Crippen molar-refractivity contribution in [3.63, 3.8) is 0 Å². The molecule has 2 rings (SSSR count).